The number of halogens is 1. The molecule has 0 bridgehead atoms. The minimum atomic E-state index is -0.711. The van der Waals surface area contributed by atoms with Crippen LogP contribution in [0.4, 0.5) is 4.39 Å². The Bertz CT molecular complexity index is 390. The van der Waals surface area contributed by atoms with Crippen LogP contribution in [0, 0.1) is 11.7 Å². The second-order valence-electron chi connectivity index (χ2n) is 6.17. The van der Waals surface area contributed by atoms with E-state index in [1.54, 1.807) is 12.1 Å². The molecule has 1 aromatic rings. The second-order valence-corrected chi connectivity index (χ2v) is 6.17. The van der Waals surface area contributed by atoms with Crippen LogP contribution in [0.2, 0.25) is 0 Å². The van der Waals surface area contributed by atoms with Crippen LogP contribution in [0.15, 0.2) is 24.3 Å². The highest BCUT2D eigenvalue weighted by Crippen LogP contribution is 2.16. The molecule has 108 valence electrons. The van der Waals surface area contributed by atoms with Gasteiger partial charge in [0.1, 0.15) is 5.82 Å². The van der Waals surface area contributed by atoms with Crippen LogP contribution >= 0.6 is 0 Å². The summed E-state index contributed by atoms with van der Waals surface area (Å²) in [5.74, 6) is 0.295. The molecule has 3 heteroatoms. The molecule has 0 spiro atoms. The minimum Gasteiger partial charge on any atom is -0.389 e. The molecule has 0 saturated heterocycles. The van der Waals surface area contributed by atoms with E-state index in [9.17, 15) is 9.50 Å². The van der Waals surface area contributed by atoms with Crippen molar-refractivity contribution in [1.29, 1.82) is 0 Å². The molecule has 0 aliphatic carbocycles. The molecule has 19 heavy (non-hydrogen) atoms. The van der Waals surface area contributed by atoms with E-state index >= 15 is 0 Å². The van der Waals surface area contributed by atoms with E-state index in [-0.39, 0.29) is 11.9 Å². The average Bonchev–Trinajstić information content (AvgIpc) is 2.28. The molecule has 2 unspecified atom stereocenters. The highest BCUT2D eigenvalue weighted by molar-refractivity contribution is 5.18. The summed E-state index contributed by atoms with van der Waals surface area (Å²) < 4.78 is 13.5. The Hall–Kier alpha value is -0.930. The summed E-state index contributed by atoms with van der Waals surface area (Å²) in [5.41, 5.74) is 0.00324. The quantitative estimate of drug-likeness (QED) is 0.795. The van der Waals surface area contributed by atoms with Crippen LogP contribution in [-0.2, 0) is 6.42 Å². The van der Waals surface area contributed by atoms with Gasteiger partial charge in [-0.05, 0) is 44.2 Å². The van der Waals surface area contributed by atoms with Crippen molar-refractivity contribution < 1.29 is 9.50 Å². The molecule has 2 N–H and O–H groups in total. The second kappa shape index (κ2) is 7.01. The standard InChI is InChI=1S/C16H26FNO/c1-12(2)10-16(4,19)11-18-13(3)9-14-7-5-6-8-15(14)17/h5-8,12-13,18-19H,9-11H2,1-4H3. The van der Waals surface area contributed by atoms with Crippen molar-refractivity contribution in [3.8, 4) is 0 Å². The molecule has 0 radical (unpaired) electrons. The summed E-state index contributed by atoms with van der Waals surface area (Å²) in [5, 5.41) is 13.5. The Morgan fingerprint density at radius 1 is 1.26 bits per heavy atom. The van der Waals surface area contributed by atoms with Gasteiger partial charge in [-0.15, -0.1) is 0 Å². The monoisotopic (exact) mass is 267 g/mol. The highest BCUT2D eigenvalue weighted by atomic mass is 19.1. The van der Waals surface area contributed by atoms with Gasteiger partial charge in [0, 0.05) is 12.6 Å². The van der Waals surface area contributed by atoms with Gasteiger partial charge >= 0.3 is 0 Å². The highest BCUT2D eigenvalue weighted by Gasteiger charge is 2.22. The normalized spacial score (nSPS) is 16.4. The zero-order valence-corrected chi connectivity index (χ0v) is 12.4. The van der Waals surface area contributed by atoms with Gasteiger partial charge < -0.3 is 10.4 Å². The van der Waals surface area contributed by atoms with Gasteiger partial charge in [-0.25, -0.2) is 4.39 Å². The third-order valence-corrected chi connectivity index (χ3v) is 3.16. The Kier molecular flexibility index (Phi) is 5.95. The molecule has 0 saturated carbocycles. The summed E-state index contributed by atoms with van der Waals surface area (Å²) in [6.07, 6.45) is 1.39. The maximum absolute atomic E-state index is 13.5. The predicted molar refractivity (Wildman–Crippen MR) is 77.6 cm³/mol. The van der Waals surface area contributed by atoms with Gasteiger partial charge in [-0.3, -0.25) is 0 Å². The van der Waals surface area contributed by atoms with E-state index in [1.165, 1.54) is 6.07 Å². The number of aliphatic hydroxyl groups is 1. The van der Waals surface area contributed by atoms with E-state index in [0.717, 1.165) is 6.42 Å². The van der Waals surface area contributed by atoms with E-state index in [0.29, 0.717) is 24.4 Å². The van der Waals surface area contributed by atoms with Gasteiger partial charge in [0.25, 0.3) is 0 Å². The molecule has 2 nitrogen and oxygen atoms in total. The van der Waals surface area contributed by atoms with Gasteiger partial charge in [0.05, 0.1) is 5.60 Å². The fraction of sp³-hybridized carbons (Fsp3) is 0.625. The Morgan fingerprint density at radius 3 is 2.47 bits per heavy atom. The van der Waals surface area contributed by atoms with Gasteiger partial charge in [0.2, 0.25) is 0 Å². The van der Waals surface area contributed by atoms with Crippen LogP contribution in [-0.4, -0.2) is 23.3 Å². The van der Waals surface area contributed by atoms with Crippen molar-refractivity contribution in [2.24, 2.45) is 5.92 Å². The number of benzene rings is 1. The Labute approximate surface area is 116 Å². The number of hydrogen-bond acceptors (Lipinski definition) is 2. The number of hydrogen-bond donors (Lipinski definition) is 2. The lowest BCUT2D eigenvalue weighted by molar-refractivity contribution is 0.0363. The van der Waals surface area contributed by atoms with Crippen LogP contribution in [0.1, 0.15) is 39.7 Å². The van der Waals surface area contributed by atoms with Crippen LogP contribution in [0.5, 0.6) is 0 Å². The van der Waals surface area contributed by atoms with Crippen molar-refractivity contribution in [2.75, 3.05) is 6.54 Å². The first-order valence-electron chi connectivity index (χ1n) is 6.99. The summed E-state index contributed by atoms with van der Waals surface area (Å²) in [7, 11) is 0. The third-order valence-electron chi connectivity index (χ3n) is 3.16. The summed E-state index contributed by atoms with van der Waals surface area (Å²) in [4.78, 5) is 0. The van der Waals surface area contributed by atoms with Gasteiger partial charge in [-0.1, -0.05) is 32.0 Å². The van der Waals surface area contributed by atoms with Gasteiger partial charge in [-0.2, -0.15) is 0 Å². The molecule has 0 aliphatic heterocycles. The lowest BCUT2D eigenvalue weighted by atomic mass is 9.94. The first-order chi connectivity index (χ1) is 8.80. The first kappa shape index (κ1) is 16.1. The van der Waals surface area contributed by atoms with Gasteiger partial charge in [0.15, 0.2) is 0 Å². The largest absolute Gasteiger partial charge is 0.389 e. The van der Waals surface area contributed by atoms with E-state index in [4.69, 9.17) is 0 Å². The molecule has 0 aromatic heterocycles. The molecular weight excluding hydrogens is 241 g/mol. The van der Waals surface area contributed by atoms with Crippen LogP contribution in [0.25, 0.3) is 0 Å². The number of rotatable bonds is 7. The average molecular weight is 267 g/mol. The van der Waals surface area contributed by atoms with Crippen LogP contribution in [0.3, 0.4) is 0 Å². The smallest absolute Gasteiger partial charge is 0.126 e. The fourth-order valence-corrected chi connectivity index (χ4v) is 2.41. The zero-order valence-electron chi connectivity index (χ0n) is 12.4. The van der Waals surface area contributed by atoms with Crippen molar-refractivity contribution in [1.82, 2.24) is 5.32 Å². The Morgan fingerprint density at radius 2 is 1.89 bits per heavy atom. The fourth-order valence-electron chi connectivity index (χ4n) is 2.41. The summed E-state index contributed by atoms with van der Waals surface area (Å²) in [6.45, 7) is 8.57. The lowest BCUT2D eigenvalue weighted by Gasteiger charge is -2.27. The van der Waals surface area contributed by atoms with Crippen molar-refractivity contribution in [3.05, 3.63) is 35.6 Å². The van der Waals surface area contributed by atoms with E-state index < -0.39 is 5.60 Å². The first-order valence-corrected chi connectivity index (χ1v) is 6.99. The summed E-state index contributed by atoms with van der Waals surface area (Å²) in [6, 6.07) is 6.97. The lowest BCUT2D eigenvalue weighted by Crippen LogP contribution is -2.43. The van der Waals surface area contributed by atoms with E-state index in [2.05, 4.69) is 19.2 Å². The van der Waals surface area contributed by atoms with E-state index in [1.807, 2.05) is 19.9 Å². The molecule has 1 rings (SSSR count). The van der Waals surface area contributed by atoms with Crippen molar-refractivity contribution in [3.63, 3.8) is 0 Å². The molecule has 0 heterocycles. The predicted octanol–water partition coefficient (Wildman–Crippen LogP) is 3.14. The Balaban J connectivity index is 2.44. The minimum absolute atomic E-state index is 0.135. The number of nitrogens with one attached hydrogen (secondary N) is 1. The zero-order chi connectivity index (χ0) is 14.5. The molecule has 1 aromatic carbocycles. The SMILES string of the molecule is CC(C)CC(C)(O)CNC(C)Cc1ccccc1F. The van der Waals surface area contributed by atoms with Crippen molar-refractivity contribution >= 4 is 0 Å². The molecular formula is C16H26FNO. The molecule has 0 aliphatic rings. The molecule has 0 amide bonds. The molecule has 0 fully saturated rings. The third kappa shape index (κ3) is 6.17. The van der Waals surface area contributed by atoms with Crippen molar-refractivity contribution in [2.45, 2.75) is 52.2 Å². The maximum atomic E-state index is 13.5. The maximum Gasteiger partial charge on any atom is 0.126 e. The topological polar surface area (TPSA) is 32.3 Å². The molecule has 2 atom stereocenters. The van der Waals surface area contributed by atoms with Crippen LogP contribution < -0.4 is 5.32 Å². The summed E-state index contributed by atoms with van der Waals surface area (Å²) >= 11 is 0.